The van der Waals surface area contributed by atoms with Crippen LogP contribution in [-0.4, -0.2) is 23.0 Å². The molecule has 1 N–H and O–H groups in total. The van der Waals surface area contributed by atoms with Crippen LogP contribution in [0.4, 0.5) is 5.82 Å². The maximum absolute atomic E-state index is 8.69. The molecule has 0 spiro atoms. The number of methoxy groups -OCH3 is 1. The number of nitrogens with one attached hydrogen (secondary N) is 1. The van der Waals surface area contributed by atoms with Crippen LogP contribution in [0.1, 0.15) is 25.5 Å². The van der Waals surface area contributed by atoms with Crippen LogP contribution in [-0.2, 0) is 4.74 Å². The predicted octanol–water partition coefficient (Wildman–Crippen LogP) is 1.76. The second-order valence-electron chi connectivity index (χ2n) is 2.67. The van der Waals surface area contributed by atoms with Gasteiger partial charge in [-0.25, -0.2) is 4.98 Å². The first-order valence-corrected chi connectivity index (χ1v) is 4.36. The molecule has 1 rings (SSSR count). The van der Waals surface area contributed by atoms with Gasteiger partial charge in [0.05, 0.1) is 13.4 Å². The summed E-state index contributed by atoms with van der Waals surface area (Å²) >= 11 is 0. The van der Waals surface area contributed by atoms with Crippen LogP contribution >= 0.6 is 0 Å². The van der Waals surface area contributed by atoms with E-state index in [1.54, 1.807) is 7.11 Å². The summed E-state index contributed by atoms with van der Waals surface area (Å²) in [5, 5.41) is 8.69. The molecular weight excluding hydrogens is 180 g/mol. The van der Waals surface area contributed by atoms with E-state index in [4.69, 9.17) is 10.00 Å². The van der Waals surface area contributed by atoms with Crippen molar-refractivity contribution in [2.75, 3.05) is 7.11 Å². The summed E-state index contributed by atoms with van der Waals surface area (Å²) in [6, 6.07) is 1.97. The van der Waals surface area contributed by atoms with Crippen molar-refractivity contribution in [1.82, 2.24) is 9.97 Å². The fourth-order valence-electron chi connectivity index (χ4n) is 0.990. The van der Waals surface area contributed by atoms with Crippen LogP contribution in [0.25, 0.3) is 0 Å². The van der Waals surface area contributed by atoms with E-state index in [0.717, 1.165) is 12.8 Å². The highest BCUT2D eigenvalue weighted by atomic mass is 16.5. The summed E-state index contributed by atoms with van der Waals surface area (Å²) in [6.07, 6.45) is 3.13. The van der Waals surface area contributed by atoms with Crippen LogP contribution < -0.4 is 0 Å². The molecule has 0 aliphatic rings. The molecular formula is C9H12N4O. The highest BCUT2D eigenvalue weighted by molar-refractivity contribution is 5.79. The lowest BCUT2D eigenvalue weighted by molar-refractivity contribution is 0.389. The first kappa shape index (κ1) is 10.3. The predicted molar refractivity (Wildman–Crippen MR) is 52.3 cm³/mol. The molecule has 1 heterocycles. The Bertz CT molecular complexity index is 361. The first-order chi connectivity index (χ1) is 6.81. The van der Waals surface area contributed by atoms with Gasteiger partial charge in [0.1, 0.15) is 6.07 Å². The molecule has 1 aromatic heterocycles. The van der Waals surface area contributed by atoms with E-state index in [0.29, 0.717) is 17.4 Å². The molecule has 5 heteroatoms. The molecule has 0 atom stereocenters. The maximum Gasteiger partial charge on any atom is 0.191 e. The van der Waals surface area contributed by atoms with Crippen molar-refractivity contribution in [3.63, 3.8) is 0 Å². The van der Waals surface area contributed by atoms with Gasteiger partial charge in [-0.3, -0.25) is 0 Å². The number of aromatic nitrogens is 2. The Morgan fingerprint density at radius 2 is 2.57 bits per heavy atom. The van der Waals surface area contributed by atoms with Gasteiger partial charge in [-0.2, -0.15) is 10.3 Å². The number of ether oxygens (including phenoxy) is 1. The number of nitriles is 1. The van der Waals surface area contributed by atoms with Crippen molar-refractivity contribution < 1.29 is 4.74 Å². The van der Waals surface area contributed by atoms with Crippen LogP contribution in [0.5, 0.6) is 0 Å². The smallest absolute Gasteiger partial charge is 0.191 e. The second-order valence-corrected chi connectivity index (χ2v) is 2.67. The molecule has 0 aromatic carbocycles. The molecule has 0 fully saturated rings. The molecule has 1 aromatic rings. The Morgan fingerprint density at radius 3 is 3.14 bits per heavy atom. The molecule has 74 valence electrons. The third-order valence-corrected chi connectivity index (χ3v) is 1.66. The molecule has 0 saturated heterocycles. The van der Waals surface area contributed by atoms with Gasteiger partial charge in [0.2, 0.25) is 0 Å². The summed E-state index contributed by atoms with van der Waals surface area (Å²) in [6.45, 7) is 2.03. The zero-order valence-electron chi connectivity index (χ0n) is 8.24. The normalized spacial score (nSPS) is 11.1. The molecule has 14 heavy (non-hydrogen) atoms. The van der Waals surface area contributed by atoms with E-state index in [1.165, 1.54) is 6.33 Å². The number of hydrogen-bond acceptors (Lipinski definition) is 4. The number of aliphatic imine (C=N–C) groups is 1. The fourth-order valence-corrected chi connectivity index (χ4v) is 0.990. The highest BCUT2D eigenvalue weighted by Crippen LogP contribution is 2.13. The minimum Gasteiger partial charge on any atom is -0.484 e. The van der Waals surface area contributed by atoms with Gasteiger partial charge >= 0.3 is 0 Å². The lowest BCUT2D eigenvalue weighted by Crippen LogP contribution is -1.99. The van der Waals surface area contributed by atoms with Crippen LogP contribution in [0, 0.1) is 11.3 Å². The minimum absolute atomic E-state index is 0.357. The van der Waals surface area contributed by atoms with Gasteiger partial charge < -0.3 is 9.72 Å². The zero-order chi connectivity index (χ0) is 10.4. The largest absolute Gasteiger partial charge is 0.484 e. The van der Waals surface area contributed by atoms with Crippen LogP contribution in [0.15, 0.2) is 11.3 Å². The monoisotopic (exact) mass is 192 g/mol. The fraction of sp³-hybridized carbons (Fsp3) is 0.444. The first-order valence-electron chi connectivity index (χ1n) is 4.36. The van der Waals surface area contributed by atoms with E-state index in [1.807, 2.05) is 13.0 Å². The van der Waals surface area contributed by atoms with Gasteiger partial charge in [0.25, 0.3) is 0 Å². The number of rotatable bonds is 3. The van der Waals surface area contributed by atoms with Crippen molar-refractivity contribution in [3.05, 3.63) is 12.0 Å². The maximum atomic E-state index is 8.69. The van der Waals surface area contributed by atoms with E-state index in [2.05, 4.69) is 15.0 Å². The number of nitrogens with zero attached hydrogens (tertiary/aromatic N) is 3. The molecule has 0 saturated carbocycles. The standard InChI is InChI=1S/C9H12N4O/c1-3-4-8(14-2)13-9-7(5-10)11-6-12-9/h6H,3-4H2,1-2H3,(H,11,12). The lowest BCUT2D eigenvalue weighted by atomic mass is 10.3. The number of imidazole rings is 1. The zero-order valence-corrected chi connectivity index (χ0v) is 8.24. The average molecular weight is 192 g/mol. The lowest BCUT2D eigenvalue weighted by Gasteiger charge is -2.00. The Labute approximate surface area is 82.5 Å². The summed E-state index contributed by atoms with van der Waals surface area (Å²) in [5.41, 5.74) is 0.357. The quantitative estimate of drug-likeness (QED) is 0.585. The van der Waals surface area contributed by atoms with Crippen LogP contribution in [0.3, 0.4) is 0 Å². The number of aromatic amines is 1. The summed E-state index contributed by atoms with van der Waals surface area (Å²) in [5.74, 6) is 0.980. The molecule has 0 bridgehead atoms. The number of H-pyrrole nitrogens is 1. The van der Waals surface area contributed by atoms with E-state index < -0.39 is 0 Å². The van der Waals surface area contributed by atoms with Gasteiger partial charge in [-0.05, 0) is 6.42 Å². The van der Waals surface area contributed by atoms with Gasteiger partial charge in [0.15, 0.2) is 17.4 Å². The average Bonchev–Trinajstić information content (AvgIpc) is 2.64. The minimum atomic E-state index is 0.357. The van der Waals surface area contributed by atoms with E-state index in [-0.39, 0.29) is 0 Å². The van der Waals surface area contributed by atoms with Crippen molar-refractivity contribution in [2.45, 2.75) is 19.8 Å². The molecule has 0 radical (unpaired) electrons. The number of hydrogen-bond donors (Lipinski definition) is 1. The SMILES string of the molecule is CCCC(=Nc1nc[nH]c1C#N)OC. The second kappa shape index (κ2) is 5.02. The molecule has 0 aliphatic carbocycles. The third kappa shape index (κ3) is 2.33. The van der Waals surface area contributed by atoms with Gasteiger partial charge in [0, 0.05) is 6.42 Å². The van der Waals surface area contributed by atoms with E-state index in [9.17, 15) is 0 Å². The Hall–Kier alpha value is -1.83. The Kier molecular flexibility index (Phi) is 3.68. The molecule has 0 unspecified atom stereocenters. The summed E-state index contributed by atoms with van der Waals surface area (Å²) < 4.78 is 5.05. The Morgan fingerprint density at radius 1 is 1.79 bits per heavy atom. The van der Waals surface area contributed by atoms with Gasteiger partial charge in [-0.15, -0.1) is 0 Å². The molecule has 0 aliphatic heterocycles. The third-order valence-electron chi connectivity index (χ3n) is 1.66. The topological polar surface area (TPSA) is 74.1 Å². The van der Waals surface area contributed by atoms with Crippen molar-refractivity contribution >= 4 is 11.7 Å². The Balaban J connectivity index is 2.89. The molecule has 0 amide bonds. The summed E-state index contributed by atoms with van der Waals surface area (Å²) in [7, 11) is 1.56. The van der Waals surface area contributed by atoms with Crippen molar-refractivity contribution in [3.8, 4) is 6.07 Å². The van der Waals surface area contributed by atoms with Crippen molar-refractivity contribution in [1.29, 1.82) is 5.26 Å². The van der Waals surface area contributed by atoms with Crippen LogP contribution in [0.2, 0.25) is 0 Å². The van der Waals surface area contributed by atoms with E-state index >= 15 is 0 Å². The van der Waals surface area contributed by atoms with Crippen molar-refractivity contribution in [2.24, 2.45) is 4.99 Å². The highest BCUT2D eigenvalue weighted by Gasteiger charge is 2.05. The van der Waals surface area contributed by atoms with Gasteiger partial charge in [-0.1, -0.05) is 6.92 Å². The molecule has 5 nitrogen and oxygen atoms in total. The summed E-state index contributed by atoms with van der Waals surface area (Å²) in [4.78, 5) is 10.7.